The van der Waals surface area contributed by atoms with Crippen molar-refractivity contribution in [2.45, 2.75) is 32.6 Å². The van der Waals surface area contributed by atoms with Gasteiger partial charge in [0, 0.05) is 46.4 Å². The molecule has 1 N–H and O–H groups in total. The summed E-state index contributed by atoms with van der Waals surface area (Å²) in [6.45, 7) is 7.19. The third-order valence-electron chi connectivity index (χ3n) is 4.72. The molecule has 0 bridgehead atoms. The summed E-state index contributed by atoms with van der Waals surface area (Å²) in [7, 11) is -0.975. The number of hydrogen-bond donors (Lipinski definition) is 1. The average molecular weight is 488 g/mol. The Kier molecular flexibility index (Phi) is 10.6. The summed E-state index contributed by atoms with van der Waals surface area (Å²) < 4.78 is 30.6. The second kappa shape index (κ2) is 11.6. The van der Waals surface area contributed by atoms with Crippen molar-refractivity contribution in [2.24, 2.45) is 10.9 Å². The van der Waals surface area contributed by atoms with Gasteiger partial charge in [0.25, 0.3) is 0 Å². The number of nitrogens with one attached hydrogen (secondary N) is 1. The molecule has 2 saturated heterocycles. The van der Waals surface area contributed by atoms with Gasteiger partial charge in [-0.05, 0) is 38.5 Å². The smallest absolute Gasteiger partial charge is 0.214 e. The Morgan fingerprint density at radius 1 is 1.36 bits per heavy atom. The van der Waals surface area contributed by atoms with E-state index in [9.17, 15) is 8.42 Å². The molecule has 0 saturated carbocycles. The van der Waals surface area contributed by atoms with Crippen LogP contribution in [0.15, 0.2) is 4.99 Å². The second-order valence-corrected chi connectivity index (χ2v) is 8.66. The van der Waals surface area contributed by atoms with Crippen molar-refractivity contribution in [3.05, 3.63) is 0 Å². The molecule has 2 fully saturated rings. The number of halogens is 1. The number of sulfonamides is 1. The number of nitrogens with zero attached hydrogens (tertiary/aromatic N) is 3. The molecule has 2 aliphatic heterocycles. The third kappa shape index (κ3) is 7.56. The van der Waals surface area contributed by atoms with Crippen molar-refractivity contribution in [1.29, 1.82) is 0 Å². The average Bonchev–Trinajstić information content (AvgIpc) is 2.91. The lowest BCUT2D eigenvalue weighted by molar-refractivity contribution is 0.0625. The lowest BCUT2D eigenvalue weighted by Crippen LogP contribution is -2.40. The summed E-state index contributed by atoms with van der Waals surface area (Å²) in [5.74, 6) is 1.88. The summed E-state index contributed by atoms with van der Waals surface area (Å²) in [6, 6.07) is 0. The first-order valence-corrected chi connectivity index (χ1v) is 10.7. The highest BCUT2D eigenvalue weighted by Crippen LogP contribution is 2.18. The van der Waals surface area contributed by atoms with Gasteiger partial charge in [-0.2, -0.15) is 0 Å². The van der Waals surface area contributed by atoms with E-state index >= 15 is 0 Å². The number of rotatable bonds is 7. The van der Waals surface area contributed by atoms with Gasteiger partial charge < -0.3 is 15.0 Å². The maximum absolute atomic E-state index is 11.8. The van der Waals surface area contributed by atoms with Crippen molar-refractivity contribution in [2.75, 3.05) is 58.7 Å². The van der Waals surface area contributed by atoms with E-state index in [0.717, 1.165) is 63.9 Å². The van der Waals surface area contributed by atoms with Crippen LogP contribution in [0.4, 0.5) is 0 Å². The van der Waals surface area contributed by atoms with Gasteiger partial charge in [0.1, 0.15) is 0 Å². The molecule has 148 valence electrons. The minimum Gasteiger partial charge on any atom is -0.381 e. The van der Waals surface area contributed by atoms with Gasteiger partial charge in [0.15, 0.2) is 5.96 Å². The maximum atomic E-state index is 11.8. The van der Waals surface area contributed by atoms with Crippen LogP contribution in [0.25, 0.3) is 0 Å². The topological polar surface area (TPSA) is 74.2 Å². The summed E-state index contributed by atoms with van der Waals surface area (Å²) in [6.07, 6.45) is 4.17. The zero-order chi connectivity index (χ0) is 17.4. The van der Waals surface area contributed by atoms with Crippen LogP contribution in [0.2, 0.25) is 0 Å². The van der Waals surface area contributed by atoms with Gasteiger partial charge >= 0.3 is 0 Å². The summed E-state index contributed by atoms with van der Waals surface area (Å²) >= 11 is 0. The molecular weight excluding hydrogens is 455 g/mol. The molecule has 2 rings (SSSR count). The molecule has 0 aromatic carbocycles. The van der Waals surface area contributed by atoms with Crippen LogP contribution in [0.1, 0.15) is 32.6 Å². The van der Waals surface area contributed by atoms with E-state index in [2.05, 4.69) is 15.2 Å². The molecule has 0 spiro atoms. The van der Waals surface area contributed by atoms with Gasteiger partial charge in [-0.15, -0.1) is 24.0 Å². The molecule has 25 heavy (non-hydrogen) atoms. The van der Waals surface area contributed by atoms with Crippen molar-refractivity contribution >= 4 is 40.0 Å². The monoisotopic (exact) mass is 488 g/mol. The van der Waals surface area contributed by atoms with E-state index in [1.165, 1.54) is 0 Å². The van der Waals surface area contributed by atoms with E-state index in [1.807, 2.05) is 14.0 Å². The number of ether oxygens (including phenoxy) is 1. The number of aliphatic imine (C=N–C) groups is 1. The van der Waals surface area contributed by atoms with Crippen LogP contribution in [0, 0.1) is 5.92 Å². The third-order valence-corrected chi connectivity index (χ3v) is 6.68. The Balaban J connectivity index is 0.00000312. The SMILES string of the molecule is CCNC(=NCCN1CCCS1(=O)=O)N(C)CCC1CCOCC1.I. The summed E-state index contributed by atoms with van der Waals surface area (Å²) in [4.78, 5) is 6.76. The fourth-order valence-corrected chi connectivity index (χ4v) is 4.72. The quantitative estimate of drug-likeness (QED) is 0.333. The van der Waals surface area contributed by atoms with Crippen molar-refractivity contribution < 1.29 is 13.2 Å². The molecule has 0 aromatic rings. The highest BCUT2D eigenvalue weighted by Gasteiger charge is 2.27. The fourth-order valence-electron chi connectivity index (χ4n) is 3.20. The Morgan fingerprint density at radius 2 is 2.08 bits per heavy atom. The van der Waals surface area contributed by atoms with Gasteiger partial charge in [-0.3, -0.25) is 4.99 Å². The van der Waals surface area contributed by atoms with Crippen LogP contribution in [-0.2, 0) is 14.8 Å². The van der Waals surface area contributed by atoms with E-state index in [1.54, 1.807) is 4.31 Å². The minimum atomic E-state index is -3.02. The molecule has 0 aromatic heterocycles. The Hall–Kier alpha value is -0.130. The van der Waals surface area contributed by atoms with E-state index in [0.29, 0.717) is 19.6 Å². The zero-order valence-electron chi connectivity index (χ0n) is 15.4. The van der Waals surface area contributed by atoms with Crippen molar-refractivity contribution in [1.82, 2.24) is 14.5 Å². The molecule has 0 radical (unpaired) electrons. The van der Waals surface area contributed by atoms with Gasteiger partial charge in [0.2, 0.25) is 10.0 Å². The van der Waals surface area contributed by atoms with Crippen LogP contribution >= 0.6 is 24.0 Å². The van der Waals surface area contributed by atoms with Crippen LogP contribution in [0.5, 0.6) is 0 Å². The highest BCUT2D eigenvalue weighted by atomic mass is 127. The predicted molar refractivity (Wildman–Crippen MR) is 112 cm³/mol. The molecule has 2 aliphatic rings. The molecule has 7 nitrogen and oxygen atoms in total. The predicted octanol–water partition coefficient (Wildman–Crippen LogP) is 1.35. The van der Waals surface area contributed by atoms with Crippen LogP contribution in [-0.4, -0.2) is 82.3 Å². The van der Waals surface area contributed by atoms with E-state index in [4.69, 9.17) is 4.74 Å². The first-order chi connectivity index (χ1) is 11.5. The molecule has 9 heteroatoms. The Bertz CT molecular complexity index is 510. The summed E-state index contributed by atoms with van der Waals surface area (Å²) in [5, 5.41) is 3.30. The lowest BCUT2D eigenvalue weighted by Gasteiger charge is -2.27. The zero-order valence-corrected chi connectivity index (χ0v) is 18.6. The number of hydrogen-bond acceptors (Lipinski definition) is 4. The van der Waals surface area contributed by atoms with Crippen LogP contribution in [0.3, 0.4) is 0 Å². The molecule has 0 amide bonds. The Labute approximate surface area is 169 Å². The van der Waals surface area contributed by atoms with Crippen molar-refractivity contribution in [3.8, 4) is 0 Å². The first kappa shape index (κ1) is 22.9. The minimum absolute atomic E-state index is 0. The lowest BCUT2D eigenvalue weighted by atomic mass is 9.96. The first-order valence-electron chi connectivity index (χ1n) is 9.08. The standard InChI is InChI=1S/C16H32N4O3S.HI/c1-3-17-16(18-8-11-20-9-4-14-24(20,21)22)19(2)10-5-15-6-12-23-13-7-15;/h15H,3-14H2,1-2H3,(H,17,18);1H. The van der Waals surface area contributed by atoms with E-state index < -0.39 is 10.0 Å². The highest BCUT2D eigenvalue weighted by molar-refractivity contribution is 14.0. The fraction of sp³-hybridized carbons (Fsp3) is 0.938. The molecule has 0 atom stereocenters. The van der Waals surface area contributed by atoms with Gasteiger partial charge in [0.05, 0.1) is 12.3 Å². The second-order valence-electron chi connectivity index (χ2n) is 6.57. The van der Waals surface area contributed by atoms with Gasteiger partial charge in [-0.1, -0.05) is 0 Å². The maximum Gasteiger partial charge on any atom is 0.214 e. The molecule has 0 unspecified atom stereocenters. The molecular formula is C16H33IN4O3S. The molecule has 2 heterocycles. The Morgan fingerprint density at radius 3 is 2.68 bits per heavy atom. The molecule has 0 aliphatic carbocycles. The van der Waals surface area contributed by atoms with Crippen molar-refractivity contribution in [3.63, 3.8) is 0 Å². The number of guanidine groups is 1. The van der Waals surface area contributed by atoms with Crippen LogP contribution < -0.4 is 5.32 Å². The van der Waals surface area contributed by atoms with E-state index in [-0.39, 0.29) is 29.7 Å². The normalized spacial score (nSPS) is 21.8. The largest absolute Gasteiger partial charge is 0.381 e. The van der Waals surface area contributed by atoms with Gasteiger partial charge in [-0.25, -0.2) is 12.7 Å². The summed E-state index contributed by atoms with van der Waals surface area (Å²) in [5.41, 5.74) is 0.